The van der Waals surface area contributed by atoms with Crippen LogP contribution in [-0.4, -0.2) is 39.5 Å². The summed E-state index contributed by atoms with van der Waals surface area (Å²) in [7, 11) is 4.22. The van der Waals surface area contributed by atoms with E-state index >= 15 is 0 Å². The average Bonchev–Trinajstić information content (AvgIpc) is 3.08. The Morgan fingerprint density at radius 1 is 1.12 bits per heavy atom. The highest BCUT2D eigenvalue weighted by Crippen LogP contribution is 2.22. The molecule has 0 spiro atoms. The number of likely N-dealkylation sites (N-methyl/N-ethyl adjacent to an activating group) is 1. The fourth-order valence-corrected chi connectivity index (χ4v) is 2.80. The van der Waals surface area contributed by atoms with Gasteiger partial charge >= 0.3 is 0 Å². The summed E-state index contributed by atoms with van der Waals surface area (Å²) < 4.78 is 0. The van der Waals surface area contributed by atoms with Crippen molar-refractivity contribution in [2.45, 2.75) is 32.7 Å². The van der Waals surface area contributed by atoms with Crippen LogP contribution in [0.5, 0.6) is 0 Å². The topological polar surface area (TPSA) is 56.8 Å². The predicted octanol–water partition coefficient (Wildman–Crippen LogP) is 4.75. The minimum Gasteiger partial charge on any atom is -0.346 e. The third-order valence-electron chi connectivity index (χ3n) is 5.15. The van der Waals surface area contributed by atoms with Gasteiger partial charge in [-0.15, -0.1) is 0 Å². The number of fused-ring (bicyclic) bond motifs is 1. The molecule has 3 heterocycles. The summed E-state index contributed by atoms with van der Waals surface area (Å²) in [6.45, 7) is 6.48. The first kappa shape index (κ1) is 18.1. The number of hydrogen-bond donors (Lipinski definition) is 2. The van der Waals surface area contributed by atoms with Gasteiger partial charge in [-0.25, -0.2) is 9.97 Å². The molecule has 0 aliphatic rings. The summed E-state index contributed by atoms with van der Waals surface area (Å²) in [5.74, 6) is 1.57. The summed E-state index contributed by atoms with van der Waals surface area (Å²) in [5.41, 5.74) is 3.03. The van der Waals surface area contributed by atoms with Crippen LogP contribution in [0.25, 0.3) is 17.1 Å². The van der Waals surface area contributed by atoms with Gasteiger partial charge in [-0.2, -0.15) is 0 Å². The summed E-state index contributed by atoms with van der Waals surface area (Å²) in [4.78, 5) is 14.6. The van der Waals surface area contributed by atoms with E-state index in [1.54, 1.807) is 0 Å². The molecule has 3 aromatic heterocycles. The van der Waals surface area contributed by atoms with Crippen molar-refractivity contribution >= 4 is 28.7 Å². The minimum atomic E-state index is 0.0404. The number of aryl methyl sites for hydroxylation is 1. The van der Waals surface area contributed by atoms with Crippen molar-refractivity contribution in [3.05, 3.63) is 53.9 Å². The highest BCUT2D eigenvalue weighted by molar-refractivity contribution is 5.77. The van der Waals surface area contributed by atoms with Crippen LogP contribution in [0.2, 0.25) is 0 Å². The van der Waals surface area contributed by atoms with Crippen LogP contribution in [0.1, 0.15) is 31.5 Å². The Balaban J connectivity index is 1.78. The second-order valence-corrected chi connectivity index (χ2v) is 7.05. The standard InChI is InChI=1S/C21H27N5/c1-6-21(3,26(4)5)13-11-16-7-9-18(23-15(16)2)24-19-10-8-17-12-14-22-20(17)25-19/h7-14H,6H2,1-5H3,(H2,22,23,24,25). The van der Waals surface area contributed by atoms with E-state index < -0.39 is 0 Å². The molecule has 0 bridgehead atoms. The van der Waals surface area contributed by atoms with Crippen LogP contribution < -0.4 is 5.32 Å². The first-order chi connectivity index (χ1) is 12.4. The molecule has 3 aromatic rings. The van der Waals surface area contributed by atoms with Gasteiger partial charge in [0.1, 0.15) is 17.3 Å². The molecule has 0 saturated heterocycles. The molecule has 5 nitrogen and oxygen atoms in total. The molecule has 0 radical (unpaired) electrons. The fraction of sp³-hybridized carbons (Fsp3) is 0.333. The molecule has 0 saturated carbocycles. The number of nitrogens with zero attached hydrogens (tertiary/aromatic N) is 3. The molecule has 136 valence electrons. The van der Waals surface area contributed by atoms with Gasteiger partial charge in [0.25, 0.3) is 0 Å². The van der Waals surface area contributed by atoms with Crippen molar-refractivity contribution in [1.82, 2.24) is 19.9 Å². The highest BCUT2D eigenvalue weighted by atomic mass is 15.1. The summed E-state index contributed by atoms with van der Waals surface area (Å²) in [5, 5.41) is 4.38. The Bertz CT molecular complexity index is 925. The second kappa shape index (κ2) is 7.30. The van der Waals surface area contributed by atoms with Crippen molar-refractivity contribution in [1.29, 1.82) is 0 Å². The van der Waals surface area contributed by atoms with Crippen LogP contribution in [0, 0.1) is 6.92 Å². The van der Waals surface area contributed by atoms with Gasteiger partial charge in [0, 0.05) is 22.8 Å². The van der Waals surface area contributed by atoms with Gasteiger partial charge in [-0.1, -0.05) is 19.1 Å². The van der Waals surface area contributed by atoms with Crippen LogP contribution in [-0.2, 0) is 0 Å². The lowest BCUT2D eigenvalue weighted by Crippen LogP contribution is -2.38. The number of aromatic nitrogens is 3. The predicted molar refractivity (Wildman–Crippen MR) is 110 cm³/mol. The molecule has 3 rings (SSSR count). The Kier molecular flexibility index (Phi) is 5.09. The molecule has 1 atom stereocenters. The second-order valence-electron chi connectivity index (χ2n) is 7.05. The first-order valence-corrected chi connectivity index (χ1v) is 8.97. The van der Waals surface area contributed by atoms with E-state index in [0.29, 0.717) is 0 Å². The third kappa shape index (κ3) is 3.78. The van der Waals surface area contributed by atoms with Crippen molar-refractivity contribution in [3.63, 3.8) is 0 Å². The van der Waals surface area contributed by atoms with E-state index in [1.807, 2.05) is 37.4 Å². The number of anilines is 2. The van der Waals surface area contributed by atoms with Gasteiger partial charge in [0.2, 0.25) is 0 Å². The van der Waals surface area contributed by atoms with Gasteiger partial charge in [0.15, 0.2) is 0 Å². The van der Waals surface area contributed by atoms with Gasteiger partial charge in [-0.05, 0) is 70.3 Å². The van der Waals surface area contributed by atoms with E-state index in [9.17, 15) is 0 Å². The van der Waals surface area contributed by atoms with Crippen molar-refractivity contribution < 1.29 is 0 Å². The SMILES string of the molecule is CCC(C)(C=Cc1ccc(Nc2ccc3cc[nH]c3n2)nc1C)N(C)C. The fourth-order valence-electron chi connectivity index (χ4n) is 2.80. The smallest absolute Gasteiger partial charge is 0.139 e. The quantitative estimate of drug-likeness (QED) is 0.674. The van der Waals surface area contributed by atoms with Gasteiger partial charge in [0.05, 0.1) is 0 Å². The minimum absolute atomic E-state index is 0.0404. The van der Waals surface area contributed by atoms with Crippen LogP contribution in [0.4, 0.5) is 11.6 Å². The van der Waals surface area contributed by atoms with Crippen molar-refractivity contribution in [2.24, 2.45) is 0 Å². The lowest BCUT2D eigenvalue weighted by molar-refractivity contribution is 0.224. The van der Waals surface area contributed by atoms with Crippen molar-refractivity contribution in [3.8, 4) is 0 Å². The molecular weight excluding hydrogens is 322 g/mol. The van der Waals surface area contributed by atoms with Crippen LogP contribution >= 0.6 is 0 Å². The number of rotatable bonds is 6. The summed E-state index contributed by atoms with van der Waals surface area (Å²) in [6, 6.07) is 10.1. The molecule has 0 aliphatic carbocycles. The van der Waals surface area contributed by atoms with Crippen molar-refractivity contribution in [2.75, 3.05) is 19.4 Å². The maximum Gasteiger partial charge on any atom is 0.139 e. The Hall–Kier alpha value is -2.66. The number of aromatic amines is 1. The third-order valence-corrected chi connectivity index (χ3v) is 5.15. The number of nitrogens with one attached hydrogen (secondary N) is 2. The first-order valence-electron chi connectivity index (χ1n) is 8.97. The number of hydrogen-bond acceptors (Lipinski definition) is 4. The normalized spacial score (nSPS) is 14.2. The van der Waals surface area contributed by atoms with E-state index in [0.717, 1.165) is 40.3 Å². The molecule has 2 N–H and O–H groups in total. The number of pyridine rings is 2. The summed E-state index contributed by atoms with van der Waals surface area (Å²) in [6.07, 6.45) is 7.36. The zero-order valence-corrected chi connectivity index (χ0v) is 16.2. The van der Waals surface area contributed by atoms with E-state index in [2.05, 4.69) is 71.3 Å². The molecule has 0 amide bonds. The Morgan fingerprint density at radius 3 is 2.54 bits per heavy atom. The molecule has 0 fully saturated rings. The lowest BCUT2D eigenvalue weighted by Gasteiger charge is -2.32. The van der Waals surface area contributed by atoms with E-state index in [4.69, 9.17) is 0 Å². The van der Waals surface area contributed by atoms with Crippen LogP contribution in [0.3, 0.4) is 0 Å². The molecule has 0 aromatic carbocycles. The molecule has 26 heavy (non-hydrogen) atoms. The van der Waals surface area contributed by atoms with Gasteiger partial charge in [-0.3, -0.25) is 0 Å². The van der Waals surface area contributed by atoms with E-state index in [1.165, 1.54) is 0 Å². The monoisotopic (exact) mass is 349 g/mol. The average molecular weight is 349 g/mol. The summed E-state index contributed by atoms with van der Waals surface area (Å²) >= 11 is 0. The van der Waals surface area contributed by atoms with E-state index in [-0.39, 0.29) is 5.54 Å². The highest BCUT2D eigenvalue weighted by Gasteiger charge is 2.20. The Morgan fingerprint density at radius 2 is 1.85 bits per heavy atom. The molecule has 5 heteroatoms. The number of H-pyrrole nitrogens is 1. The largest absolute Gasteiger partial charge is 0.346 e. The molecule has 0 aliphatic heterocycles. The zero-order chi connectivity index (χ0) is 18.7. The van der Waals surface area contributed by atoms with Gasteiger partial charge < -0.3 is 15.2 Å². The lowest BCUT2D eigenvalue weighted by atomic mass is 9.95. The zero-order valence-electron chi connectivity index (χ0n) is 16.2. The van der Waals surface area contributed by atoms with Crippen LogP contribution in [0.15, 0.2) is 42.6 Å². The molecule has 1 unspecified atom stereocenters. The maximum atomic E-state index is 4.68. The maximum absolute atomic E-state index is 4.68. The Labute approximate surface area is 155 Å². The molecular formula is C21H27N5.